The van der Waals surface area contributed by atoms with Gasteiger partial charge in [0.2, 0.25) is 0 Å². The van der Waals surface area contributed by atoms with Crippen LogP contribution in [0, 0.1) is 0 Å². The van der Waals surface area contributed by atoms with Crippen molar-refractivity contribution in [3.63, 3.8) is 0 Å². The number of unbranched alkanes of at least 4 members (excludes halogenated alkanes) is 18. The van der Waals surface area contributed by atoms with Crippen molar-refractivity contribution >= 4 is 17.9 Å². The van der Waals surface area contributed by atoms with E-state index in [4.69, 9.17) is 14.2 Å². The molecule has 0 spiro atoms. The Kier molecular flexibility index (Phi) is 61.9. The number of allylic oxidation sites excluding steroid dienone is 27. The van der Waals surface area contributed by atoms with Gasteiger partial charge in [0.25, 0.3) is 0 Å². The van der Waals surface area contributed by atoms with Crippen molar-refractivity contribution in [2.75, 3.05) is 13.2 Å². The van der Waals surface area contributed by atoms with E-state index in [0.29, 0.717) is 19.3 Å². The Balaban J connectivity index is 4.29. The first-order chi connectivity index (χ1) is 39.5. The molecule has 1 atom stereocenters. The Morgan fingerprint density at radius 1 is 0.275 bits per heavy atom. The van der Waals surface area contributed by atoms with Crippen LogP contribution in [0.3, 0.4) is 0 Å². The summed E-state index contributed by atoms with van der Waals surface area (Å²) in [5.41, 5.74) is 0. The monoisotopic (exact) mass is 1100 g/mol. The van der Waals surface area contributed by atoms with Crippen LogP contribution in [0.15, 0.2) is 170 Å². The molecule has 0 aliphatic carbocycles. The zero-order valence-corrected chi connectivity index (χ0v) is 51.3. The van der Waals surface area contributed by atoms with Gasteiger partial charge >= 0.3 is 17.9 Å². The van der Waals surface area contributed by atoms with Gasteiger partial charge in [-0.3, -0.25) is 14.4 Å². The van der Waals surface area contributed by atoms with Crippen LogP contribution in [0.2, 0.25) is 0 Å². The van der Waals surface area contributed by atoms with Crippen LogP contribution in [0.1, 0.15) is 258 Å². The van der Waals surface area contributed by atoms with E-state index < -0.39 is 12.1 Å². The van der Waals surface area contributed by atoms with Gasteiger partial charge in [-0.15, -0.1) is 0 Å². The number of carbonyl (C=O) groups is 3. The van der Waals surface area contributed by atoms with Crippen LogP contribution in [0.25, 0.3) is 0 Å². The Morgan fingerprint density at radius 3 is 0.838 bits per heavy atom. The second-order valence-corrected chi connectivity index (χ2v) is 20.6. The smallest absolute Gasteiger partial charge is 0.310 e. The summed E-state index contributed by atoms with van der Waals surface area (Å²) in [7, 11) is 0. The van der Waals surface area contributed by atoms with E-state index in [1.807, 2.05) is 6.08 Å². The number of hydrogen-bond donors (Lipinski definition) is 0. The standard InChI is InChI=1S/C74H116O6/c1-4-7-10-13-16-19-22-25-27-28-29-30-31-32-33-34-35-36-37-38-39-40-41-42-43-44-45-46-48-49-52-55-58-61-64-67-73(76)79-70-71(69-78-72(75)66-63-60-57-54-51-24-21-18-15-12-9-6-3)80-74(77)68-65-62-59-56-53-50-47-26-23-20-17-14-11-8-5-2/h7-8,10-11,16-21,25-27,29-30,32-33,35-36,38-39,41-42,47,53,56,62,65,71H,4-6,9,12-15,22-24,28,31,34,37,40,43-46,48-52,54-55,57-61,63-64,66-70H2,1-3H3/b10-7-,11-8-,19-16-,20-17-,21-18-,27-25-,30-29-,33-32-,36-35-,39-38-,42-41-,47-26-,56-53-,65-62-. The van der Waals surface area contributed by atoms with Crippen LogP contribution < -0.4 is 0 Å². The largest absolute Gasteiger partial charge is 0.462 e. The van der Waals surface area contributed by atoms with E-state index in [0.717, 1.165) is 135 Å². The van der Waals surface area contributed by atoms with Crippen LogP contribution in [0.5, 0.6) is 0 Å². The minimum absolute atomic E-state index is 0.0878. The number of carbonyl (C=O) groups excluding carboxylic acids is 3. The molecule has 0 fully saturated rings. The molecule has 0 rings (SSSR count). The van der Waals surface area contributed by atoms with Gasteiger partial charge in [-0.2, -0.15) is 0 Å². The maximum Gasteiger partial charge on any atom is 0.310 e. The van der Waals surface area contributed by atoms with E-state index >= 15 is 0 Å². The predicted molar refractivity (Wildman–Crippen MR) is 348 cm³/mol. The van der Waals surface area contributed by atoms with E-state index in [1.54, 1.807) is 6.08 Å². The number of esters is 3. The Morgan fingerprint density at radius 2 is 0.525 bits per heavy atom. The first-order valence-electron chi connectivity index (χ1n) is 32.1. The van der Waals surface area contributed by atoms with E-state index in [2.05, 4.69) is 179 Å². The van der Waals surface area contributed by atoms with E-state index in [1.165, 1.54) is 77.0 Å². The fourth-order valence-electron chi connectivity index (χ4n) is 8.23. The van der Waals surface area contributed by atoms with Crippen LogP contribution in [-0.4, -0.2) is 37.2 Å². The normalized spacial score (nSPS) is 13.3. The molecule has 0 bridgehead atoms. The number of hydrogen-bond acceptors (Lipinski definition) is 6. The Labute approximate surface area is 492 Å². The minimum Gasteiger partial charge on any atom is -0.462 e. The third-order valence-corrected chi connectivity index (χ3v) is 13.0. The summed E-state index contributed by atoms with van der Waals surface area (Å²) in [5, 5.41) is 0. The average Bonchev–Trinajstić information content (AvgIpc) is 3.46. The van der Waals surface area contributed by atoms with Gasteiger partial charge in [-0.1, -0.05) is 274 Å². The summed E-state index contributed by atoms with van der Waals surface area (Å²) in [6.07, 6.45) is 98.3. The predicted octanol–water partition coefficient (Wildman–Crippen LogP) is 22.3. The number of ether oxygens (including phenoxy) is 3. The van der Waals surface area contributed by atoms with Crippen molar-refractivity contribution in [1.82, 2.24) is 0 Å². The molecule has 80 heavy (non-hydrogen) atoms. The summed E-state index contributed by atoms with van der Waals surface area (Å²) >= 11 is 0. The van der Waals surface area contributed by atoms with Gasteiger partial charge < -0.3 is 14.2 Å². The molecule has 0 heterocycles. The summed E-state index contributed by atoms with van der Waals surface area (Å²) < 4.78 is 16.7. The molecular weight excluding hydrogens is 985 g/mol. The molecule has 0 aliphatic heterocycles. The third kappa shape index (κ3) is 63.6. The van der Waals surface area contributed by atoms with Crippen molar-refractivity contribution in [2.24, 2.45) is 0 Å². The molecule has 6 heteroatoms. The molecular formula is C74H116O6. The van der Waals surface area contributed by atoms with Crippen LogP contribution in [-0.2, 0) is 28.6 Å². The van der Waals surface area contributed by atoms with Crippen LogP contribution in [0.4, 0.5) is 0 Å². The molecule has 0 aliphatic rings. The fourth-order valence-corrected chi connectivity index (χ4v) is 8.23. The lowest BCUT2D eigenvalue weighted by Gasteiger charge is -2.18. The molecule has 0 amide bonds. The van der Waals surface area contributed by atoms with Gasteiger partial charge in [0, 0.05) is 12.8 Å². The highest BCUT2D eigenvalue weighted by molar-refractivity contribution is 5.72. The number of rotatable bonds is 56. The molecule has 0 saturated carbocycles. The topological polar surface area (TPSA) is 78.9 Å². The highest BCUT2D eigenvalue weighted by atomic mass is 16.6. The molecule has 0 radical (unpaired) electrons. The SMILES string of the molecule is CC/C=C\C/C=C\C/C=C\C/C=C\C/C=C\C/C=C\C/C=C\C/C=C\CCCCCCCCCCCCC(=O)OCC(COC(=O)CCCCCCC/C=C\CCCCC)OC(=O)C/C=C\C/C=C\C/C=C\C/C=C\C/C=C\CC. The second-order valence-electron chi connectivity index (χ2n) is 20.6. The lowest BCUT2D eigenvalue weighted by atomic mass is 10.1. The fraction of sp³-hybridized carbons (Fsp3) is 0.581. The van der Waals surface area contributed by atoms with Gasteiger partial charge in [0.1, 0.15) is 13.2 Å². The highest BCUT2D eigenvalue weighted by Crippen LogP contribution is 2.14. The summed E-state index contributed by atoms with van der Waals surface area (Å²) in [6.45, 7) is 6.28. The molecule has 1 unspecified atom stereocenters. The van der Waals surface area contributed by atoms with Gasteiger partial charge in [-0.25, -0.2) is 0 Å². The van der Waals surface area contributed by atoms with Crippen molar-refractivity contribution < 1.29 is 28.6 Å². The lowest BCUT2D eigenvalue weighted by molar-refractivity contribution is -0.166. The van der Waals surface area contributed by atoms with Crippen molar-refractivity contribution in [1.29, 1.82) is 0 Å². The van der Waals surface area contributed by atoms with Crippen molar-refractivity contribution in [2.45, 2.75) is 264 Å². The summed E-state index contributed by atoms with van der Waals surface area (Å²) in [5.74, 6) is -1.08. The zero-order valence-electron chi connectivity index (χ0n) is 51.3. The Bertz CT molecular complexity index is 1840. The molecule has 0 aromatic carbocycles. The quantitative estimate of drug-likeness (QED) is 0.0261. The summed E-state index contributed by atoms with van der Waals surface area (Å²) in [4.78, 5) is 38.1. The molecule has 0 aromatic rings. The molecule has 6 nitrogen and oxygen atoms in total. The Hall–Kier alpha value is -5.23. The maximum absolute atomic E-state index is 12.8. The third-order valence-electron chi connectivity index (χ3n) is 13.0. The van der Waals surface area contributed by atoms with Gasteiger partial charge in [0.15, 0.2) is 6.10 Å². The van der Waals surface area contributed by atoms with E-state index in [9.17, 15) is 14.4 Å². The molecule has 0 aromatic heterocycles. The van der Waals surface area contributed by atoms with Gasteiger partial charge in [0.05, 0.1) is 6.42 Å². The van der Waals surface area contributed by atoms with Crippen molar-refractivity contribution in [3.8, 4) is 0 Å². The lowest BCUT2D eigenvalue weighted by Crippen LogP contribution is -2.30. The highest BCUT2D eigenvalue weighted by Gasteiger charge is 2.19. The minimum atomic E-state index is -0.845. The first-order valence-corrected chi connectivity index (χ1v) is 32.1. The average molecular weight is 1100 g/mol. The van der Waals surface area contributed by atoms with E-state index in [-0.39, 0.29) is 31.6 Å². The second kappa shape index (κ2) is 66.3. The summed E-state index contributed by atoms with van der Waals surface area (Å²) in [6, 6.07) is 0. The molecule has 0 saturated heterocycles. The van der Waals surface area contributed by atoms with Crippen molar-refractivity contribution in [3.05, 3.63) is 170 Å². The van der Waals surface area contributed by atoms with Crippen LogP contribution >= 0.6 is 0 Å². The first kappa shape index (κ1) is 74.8. The zero-order chi connectivity index (χ0) is 57.8. The van der Waals surface area contributed by atoms with Gasteiger partial charge in [-0.05, 0) is 135 Å². The molecule has 448 valence electrons. The maximum atomic E-state index is 12.8. The molecule has 0 N–H and O–H groups in total.